The number of benzene rings is 1. The van der Waals surface area contributed by atoms with E-state index in [0.717, 1.165) is 12.1 Å². The number of carbonyl (C=O) groups is 1. The van der Waals surface area contributed by atoms with E-state index in [1.54, 1.807) is 12.1 Å². The van der Waals surface area contributed by atoms with E-state index in [9.17, 15) is 9.18 Å². The number of carbonyl (C=O) groups excluding carboxylic acids is 1. The van der Waals surface area contributed by atoms with Crippen LogP contribution in [0.1, 0.15) is 33.3 Å². The molecule has 0 heterocycles. The first kappa shape index (κ1) is 15.6. The van der Waals surface area contributed by atoms with E-state index in [2.05, 4.69) is 10.6 Å². The van der Waals surface area contributed by atoms with Gasteiger partial charge < -0.3 is 10.6 Å². The van der Waals surface area contributed by atoms with Gasteiger partial charge in [0.15, 0.2) is 0 Å². The lowest BCUT2D eigenvalue weighted by Gasteiger charge is -2.26. The lowest BCUT2D eigenvalue weighted by Crippen LogP contribution is -2.54. The standard InChI is InChI=1S/C15H23FN2O/c1-5-17-15(3,4)14(19)18-11(2)10-12-6-8-13(16)9-7-12/h6-9,11,17H,5,10H2,1-4H3,(H,18,19). The first-order chi connectivity index (χ1) is 8.85. The number of rotatable bonds is 6. The Balaban J connectivity index is 2.53. The molecule has 0 aliphatic carbocycles. The minimum absolute atomic E-state index is 0.0101. The van der Waals surface area contributed by atoms with Gasteiger partial charge in [0.25, 0.3) is 0 Å². The van der Waals surface area contributed by atoms with E-state index in [-0.39, 0.29) is 17.8 Å². The summed E-state index contributed by atoms with van der Waals surface area (Å²) in [6, 6.07) is 6.37. The molecule has 1 aromatic rings. The van der Waals surface area contributed by atoms with Crippen LogP contribution in [0.25, 0.3) is 0 Å². The third-order valence-electron chi connectivity index (χ3n) is 3.02. The van der Waals surface area contributed by atoms with Gasteiger partial charge >= 0.3 is 0 Å². The van der Waals surface area contributed by atoms with Crippen molar-refractivity contribution < 1.29 is 9.18 Å². The fourth-order valence-corrected chi connectivity index (χ4v) is 1.95. The average Bonchev–Trinajstić information content (AvgIpc) is 2.32. The van der Waals surface area contributed by atoms with Crippen molar-refractivity contribution >= 4 is 5.91 Å². The van der Waals surface area contributed by atoms with Crippen molar-refractivity contribution in [2.75, 3.05) is 6.54 Å². The van der Waals surface area contributed by atoms with Crippen molar-refractivity contribution in [3.8, 4) is 0 Å². The van der Waals surface area contributed by atoms with Crippen molar-refractivity contribution in [1.29, 1.82) is 0 Å². The first-order valence-corrected chi connectivity index (χ1v) is 6.65. The van der Waals surface area contributed by atoms with E-state index in [1.807, 2.05) is 27.7 Å². The van der Waals surface area contributed by atoms with E-state index < -0.39 is 5.54 Å². The van der Waals surface area contributed by atoms with E-state index in [0.29, 0.717) is 6.42 Å². The zero-order valence-electron chi connectivity index (χ0n) is 12.1. The molecule has 19 heavy (non-hydrogen) atoms. The Morgan fingerprint density at radius 1 is 1.32 bits per heavy atom. The molecule has 1 rings (SSSR count). The highest BCUT2D eigenvalue weighted by molar-refractivity contribution is 5.85. The molecule has 2 N–H and O–H groups in total. The van der Waals surface area contributed by atoms with Gasteiger partial charge in [-0.05, 0) is 51.4 Å². The Hall–Kier alpha value is -1.42. The second-order valence-corrected chi connectivity index (χ2v) is 5.36. The normalized spacial score (nSPS) is 13.1. The third-order valence-corrected chi connectivity index (χ3v) is 3.02. The number of hydrogen-bond donors (Lipinski definition) is 2. The molecule has 1 unspecified atom stereocenters. The zero-order valence-corrected chi connectivity index (χ0v) is 12.1. The van der Waals surface area contributed by atoms with Crippen LogP contribution in [0.15, 0.2) is 24.3 Å². The highest BCUT2D eigenvalue weighted by Gasteiger charge is 2.26. The molecule has 0 radical (unpaired) electrons. The van der Waals surface area contributed by atoms with Crippen LogP contribution in [0.2, 0.25) is 0 Å². The Morgan fingerprint density at radius 2 is 1.89 bits per heavy atom. The second kappa shape index (κ2) is 6.66. The quantitative estimate of drug-likeness (QED) is 0.829. The monoisotopic (exact) mass is 266 g/mol. The number of amides is 1. The van der Waals surface area contributed by atoms with Crippen molar-refractivity contribution in [3.63, 3.8) is 0 Å². The average molecular weight is 266 g/mol. The summed E-state index contributed by atoms with van der Waals surface area (Å²) < 4.78 is 12.8. The van der Waals surface area contributed by atoms with Crippen LogP contribution in [-0.2, 0) is 11.2 Å². The van der Waals surface area contributed by atoms with Gasteiger partial charge in [-0.3, -0.25) is 4.79 Å². The Kier molecular flexibility index (Phi) is 5.48. The lowest BCUT2D eigenvalue weighted by atomic mass is 10.0. The summed E-state index contributed by atoms with van der Waals surface area (Å²) in [6.07, 6.45) is 0.689. The molecule has 0 aliphatic rings. The summed E-state index contributed by atoms with van der Waals surface area (Å²) in [5.74, 6) is -0.266. The zero-order chi connectivity index (χ0) is 14.5. The fraction of sp³-hybridized carbons (Fsp3) is 0.533. The molecule has 0 aromatic heterocycles. The number of hydrogen-bond acceptors (Lipinski definition) is 2. The first-order valence-electron chi connectivity index (χ1n) is 6.65. The fourth-order valence-electron chi connectivity index (χ4n) is 1.95. The SMILES string of the molecule is CCNC(C)(C)C(=O)NC(C)Cc1ccc(F)cc1. The molecule has 1 amide bonds. The molecule has 0 saturated carbocycles. The second-order valence-electron chi connectivity index (χ2n) is 5.36. The topological polar surface area (TPSA) is 41.1 Å². The van der Waals surface area contributed by atoms with Gasteiger partial charge in [0.2, 0.25) is 5.91 Å². The van der Waals surface area contributed by atoms with E-state index >= 15 is 0 Å². The minimum atomic E-state index is -0.578. The summed E-state index contributed by atoms with van der Waals surface area (Å²) in [4.78, 5) is 12.1. The maximum absolute atomic E-state index is 12.8. The molecule has 3 nitrogen and oxygen atoms in total. The molecule has 0 aliphatic heterocycles. The number of likely N-dealkylation sites (N-methyl/N-ethyl adjacent to an activating group) is 1. The van der Waals surface area contributed by atoms with Crippen LogP contribution in [0.3, 0.4) is 0 Å². The smallest absolute Gasteiger partial charge is 0.239 e. The summed E-state index contributed by atoms with van der Waals surface area (Å²) in [6.45, 7) is 8.37. The third kappa shape index (κ3) is 4.99. The summed E-state index contributed by atoms with van der Waals surface area (Å²) in [7, 11) is 0. The largest absolute Gasteiger partial charge is 0.352 e. The highest BCUT2D eigenvalue weighted by Crippen LogP contribution is 2.07. The van der Waals surface area contributed by atoms with Crippen LogP contribution >= 0.6 is 0 Å². The van der Waals surface area contributed by atoms with Crippen molar-refractivity contribution in [2.45, 2.75) is 45.7 Å². The van der Waals surface area contributed by atoms with E-state index in [4.69, 9.17) is 0 Å². The van der Waals surface area contributed by atoms with E-state index in [1.165, 1.54) is 12.1 Å². The van der Waals surface area contributed by atoms with Crippen LogP contribution in [-0.4, -0.2) is 24.0 Å². The summed E-state index contributed by atoms with van der Waals surface area (Å²) in [5, 5.41) is 6.11. The molecule has 0 fully saturated rings. The Morgan fingerprint density at radius 3 is 2.42 bits per heavy atom. The molecule has 106 valence electrons. The van der Waals surface area contributed by atoms with Gasteiger partial charge in [0.05, 0.1) is 5.54 Å². The van der Waals surface area contributed by atoms with Crippen LogP contribution in [0.4, 0.5) is 4.39 Å². The summed E-state index contributed by atoms with van der Waals surface area (Å²) >= 11 is 0. The van der Waals surface area contributed by atoms with Gasteiger partial charge in [0.1, 0.15) is 5.82 Å². The van der Waals surface area contributed by atoms with Gasteiger partial charge in [-0.15, -0.1) is 0 Å². The van der Waals surface area contributed by atoms with Crippen LogP contribution in [0, 0.1) is 5.82 Å². The van der Waals surface area contributed by atoms with Gasteiger partial charge in [-0.1, -0.05) is 19.1 Å². The van der Waals surface area contributed by atoms with Gasteiger partial charge in [-0.2, -0.15) is 0 Å². The summed E-state index contributed by atoms with van der Waals surface area (Å²) in [5.41, 5.74) is 0.432. The lowest BCUT2D eigenvalue weighted by molar-refractivity contribution is -0.127. The molecule has 4 heteroatoms. The maximum Gasteiger partial charge on any atom is 0.239 e. The molecule has 1 atom stereocenters. The van der Waals surface area contributed by atoms with Gasteiger partial charge in [-0.25, -0.2) is 4.39 Å². The van der Waals surface area contributed by atoms with Crippen molar-refractivity contribution in [1.82, 2.24) is 10.6 Å². The minimum Gasteiger partial charge on any atom is -0.352 e. The molecule has 1 aromatic carbocycles. The number of halogens is 1. The Labute approximate surface area is 114 Å². The molecular formula is C15H23FN2O. The Bertz CT molecular complexity index is 415. The highest BCUT2D eigenvalue weighted by atomic mass is 19.1. The van der Waals surface area contributed by atoms with Crippen molar-refractivity contribution in [2.24, 2.45) is 0 Å². The molecule has 0 spiro atoms. The molecule has 0 bridgehead atoms. The predicted octanol–water partition coefficient (Wildman–Crippen LogP) is 2.26. The van der Waals surface area contributed by atoms with Gasteiger partial charge in [0, 0.05) is 6.04 Å². The molecule has 0 saturated heterocycles. The van der Waals surface area contributed by atoms with Crippen LogP contribution in [0.5, 0.6) is 0 Å². The maximum atomic E-state index is 12.8. The van der Waals surface area contributed by atoms with Crippen molar-refractivity contribution in [3.05, 3.63) is 35.6 Å². The van der Waals surface area contributed by atoms with Crippen LogP contribution < -0.4 is 10.6 Å². The molecular weight excluding hydrogens is 243 g/mol. The number of nitrogens with one attached hydrogen (secondary N) is 2. The predicted molar refractivity (Wildman–Crippen MR) is 75.5 cm³/mol.